The Balaban J connectivity index is 2.63. The minimum atomic E-state index is -1.08. The predicted molar refractivity (Wildman–Crippen MR) is 245 cm³/mol. The van der Waals surface area contributed by atoms with Crippen LogP contribution in [0.15, 0.2) is 36.8 Å². The zero-order valence-corrected chi connectivity index (χ0v) is 37.3. The molecule has 0 saturated heterocycles. The van der Waals surface area contributed by atoms with Gasteiger partial charge >= 0.3 is 5.97 Å². The van der Waals surface area contributed by atoms with Gasteiger partial charge in [0.2, 0.25) is 5.91 Å². The number of nitrogens with zero attached hydrogens (tertiary/aromatic N) is 1. The number of hydrogen-bond donors (Lipinski definition) is 7. The number of aliphatic carboxylic acids is 1. The number of unbranched alkanes of at least 4 members (excludes halogenated alkanes) is 23. The summed E-state index contributed by atoms with van der Waals surface area (Å²) in [7, 11) is 0. The standard InChI is InChI=1S/C48H89N7O3/c1-3-5-7-9-11-13-15-17-19-21-23-25-27-29-31-33-36-42(35-32-30-28-26-24-22-20-18-16-14-12-10-8-6-4-2)54-44(37-34-38-52-48(49)50)46(56)55-45(47(57)58)39-43-40-51-41-53-43/h17-20,40-42,44-45,54H,3-16,21-39H2,1-2H3,(H,51,53)(H,55,56)(H,57,58)(H4,49,50,52)/b19-17-,20-18-. The maximum atomic E-state index is 13.7. The Labute approximate surface area is 355 Å². The average Bonchev–Trinajstić information content (AvgIpc) is 3.73. The summed E-state index contributed by atoms with van der Waals surface area (Å²) in [5, 5.41) is 26.8. The fraction of sp³-hybridized carbons (Fsp3) is 0.792. The fourth-order valence-corrected chi connectivity index (χ4v) is 7.60. The molecule has 1 rings (SSSR count). The van der Waals surface area contributed by atoms with E-state index in [9.17, 15) is 14.7 Å². The number of allylic oxidation sites excluding steroid dienone is 4. The summed E-state index contributed by atoms with van der Waals surface area (Å²) in [6.07, 6.45) is 50.3. The van der Waals surface area contributed by atoms with Crippen LogP contribution < -0.4 is 21.7 Å². The number of rotatable bonds is 42. The molecule has 1 aromatic heterocycles. The third-order valence-corrected chi connectivity index (χ3v) is 11.2. The summed E-state index contributed by atoms with van der Waals surface area (Å²) in [5.41, 5.74) is 6.10. The Morgan fingerprint density at radius 3 is 1.53 bits per heavy atom. The molecule has 0 radical (unpaired) electrons. The van der Waals surface area contributed by atoms with Gasteiger partial charge < -0.3 is 31.8 Å². The zero-order chi connectivity index (χ0) is 42.2. The van der Waals surface area contributed by atoms with E-state index in [-0.39, 0.29) is 24.3 Å². The second-order valence-electron chi connectivity index (χ2n) is 16.7. The van der Waals surface area contributed by atoms with Crippen LogP contribution in [0.1, 0.15) is 219 Å². The van der Waals surface area contributed by atoms with Crippen LogP contribution in [0.4, 0.5) is 0 Å². The highest BCUT2D eigenvalue weighted by Crippen LogP contribution is 2.17. The molecule has 0 aliphatic heterocycles. The third-order valence-electron chi connectivity index (χ3n) is 11.2. The van der Waals surface area contributed by atoms with E-state index in [1.165, 1.54) is 167 Å². The van der Waals surface area contributed by atoms with Gasteiger partial charge in [-0.15, -0.1) is 0 Å². The molecule has 3 atom stereocenters. The number of carboxylic acids is 1. The number of aromatic nitrogens is 2. The van der Waals surface area contributed by atoms with Crippen molar-refractivity contribution in [2.24, 2.45) is 5.73 Å². The van der Waals surface area contributed by atoms with Crippen LogP contribution in [-0.4, -0.2) is 57.6 Å². The topological polar surface area (TPSA) is 169 Å². The maximum Gasteiger partial charge on any atom is 0.326 e. The lowest BCUT2D eigenvalue weighted by Crippen LogP contribution is -2.53. The number of H-pyrrole nitrogens is 1. The van der Waals surface area contributed by atoms with Gasteiger partial charge in [-0.25, -0.2) is 9.78 Å². The van der Waals surface area contributed by atoms with E-state index in [4.69, 9.17) is 11.1 Å². The van der Waals surface area contributed by atoms with E-state index >= 15 is 0 Å². The minimum Gasteiger partial charge on any atom is -0.480 e. The highest BCUT2D eigenvalue weighted by Gasteiger charge is 2.27. The first-order chi connectivity index (χ1) is 28.4. The largest absolute Gasteiger partial charge is 0.480 e. The number of imidazole rings is 1. The molecule has 3 unspecified atom stereocenters. The summed E-state index contributed by atoms with van der Waals surface area (Å²) in [5.74, 6) is -1.48. The number of hydrogen-bond acceptors (Lipinski definition) is 5. The molecule has 0 aliphatic rings. The smallest absolute Gasteiger partial charge is 0.326 e. The molecule has 58 heavy (non-hydrogen) atoms. The molecule has 0 aromatic carbocycles. The number of nitrogens with one attached hydrogen (secondary N) is 5. The average molecular weight is 812 g/mol. The number of aromatic amines is 1. The number of carbonyl (C=O) groups is 2. The minimum absolute atomic E-state index is 0.0964. The number of guanidine groups is 1. The van der Waals surface area contributed by atoms with Gasteiger partial charge in [0, 0.05) is 25.2 Å². The number of carbonyl (C=O) groups excluding carboxylic acids is 1. The second kappa shape index (κ2) is 39.3. The van der Waals surface area contributed by atoms with Gasteiger partial charge in [-0.2, -0.15) is 0 Å². The fourth-order valence-electron chi connectivity index (χ4n) is 7.60. The number of amides is 1. The van der Waals surface area contributed by atoms with Crippen molar-refractivity contribution in [1.82, 2.24) is 25.9 Å². The second-order valence-corrected chi connectivity index (χ2v) is 16.7. The predicted octanol–water partition coefficient (Wildman–Crippen LogP) is 11.6. The van der Waals surface area contributed by atoms with E-state index in [0.29, 0.717) is 25.1 Å². The maximum absolute atomic E-state index is 13.7. The Morgan fingerprint density at radius 2 is 1.12 bits per heavy atom. The van der Waals surface area contributed by atoms with Crippen molar-refractivity contribution >= 4 is 17.8 Å². The van der Waals surface area contributed by atoms with Crippen LogP contribution in [0.25, 0.3) is 0 Å². The van der Waals surface area contributed by atoms with Crippen molar-refractivity contribution in [2.45, 2.75) is 237 Å². The molecule has 0 bridgehead atoms. The summed E-state index contributed by atoms with van der Waals surface area (Å²) < 4.78 is 0. The van der Waals surface area contributed by atoms with Crippen molar-refractivity contribution in [1.29, 1.82) is 5.41 Å². The van der Waals surface area contributed by atoms with Crippen LogP contribution in [0.2, 0.25) is 0 Å². The Bertz CT molecular complexity index is 1160. The summed E-state index contributed by atoms with van der Waals surface area (Å²) in [4.78, 5) is 32.9. The molecule has 1 amide bonds. The van der Waals surface area contributed by atoms with Gasteiger partial charge in [0.05, 0.1) is 18.1 Å². The van der Waals surface area contributed by atoms with E-state index in [2.05, 4.69) is 64.1 Å². The molecule has 334 valence electrons. The lowest BCUT2D eigenvalue weighted by atomic mass is 9.98. The third kappa shape index (κ3) is 32.8. The van der Waals surface area contributed by atoms with Gasteiger partial charge in [-0.3, -0.25) is 10.2 Å². The first-order valence-corrected chi connectivity index (χ1v) is 24.0. The van der Waals surface area contributed by atoms with Crippen LogP contribution in [0.3, 0.4) is 0 Å². The van der Waals surface area contributed by atoms with Crippen molar-refractivity contribution in [3.05, 3.63) is 42.5 Å². The quantitative estimate of drug-likeness (QED) is 0.0149. The molecular weight excluding hydrogens is 723 g/mol. The van der Waals surface area contributed by atoms with E-state index in [1.807, 2.05) is 0 Å². The molecule has 0 aliphatic carbocycles. The Hall–Kier alpha value is -3.14. The van der Waals surface area contributed by atoms with E-state index in [1.54, 1.807) is 6.20 Å². The summed E-state index contributed by atoms with van der Waals surface area (Å²) in [6.45, 7) is 5.01. The van der Waals surface area contributed by atoms with Gasteiger partial charge in [0.15, 0.2) is 5.96 Å². The molecule has 10 heteroatoms. The highest BCUT2D eigenvalue weighted by molar-refractivity contribution is 5.87. The van der Waals surface area contributed by atoms with Crippen LogP contribution in [-0.2, 0) is 16.0 Å². The first kappa shape index (κ1) is 52.9. The highest BCUT2D eigenvalue weighted by atomic mass is 16.4. The van der Waals surface area contributed by atoms with Crippen molar-refractivity contribution in [2.75, 3.05) is 6.54 Å². The van der Waals surface area contributed by atoms with Gasteiger partial charge in [-0.1, -0.05) is 160 Å². The van der Waals surface area contributed by atoms with Gasteiger partial charge in [0.25, 0.3) is 0 Å². The molecule has 10 nitrogen and oxygen atoms in total. The molecule has 0 fully saturated rings. The normalized spacial score (nSPS) is 13.3. The van der Waals surface area contributed by atoms with Crippen molar-refractivity contribution in [3.8, 4) is 0 Å². The molecule has 0 saturated carbocycles. The van der Waals surface area contributed by atoms with Gasteiger partial charge in [0.1, 0.15) is 6.04 Å². The Kier molecular flexibility index (Phi) is 35.9. The van der Waals surface area contributed by atoms with Crippen LogP contribution >= 0.6 is 0 Å². The lowest BCUT2D eigenvalue weighted by molar-refractivity contribution is -0.142. The molecule has 1 heterocycles. The SMILES string of the molecule is CCCCCCCC/C=C\CCCCCCCCC(CCCCCCC/C=C\CCCCCCCC)NC(CCCNC(=N)N)C(=O)NC(Cc1c[nH]cn1)C(=O)O. The van der Waals surface area contributed by atoms with Crippen LogP contribution in [0, 0.1) is 5.41 Å². The number of nitrogens with two attached hydrogens (primary N) is 1. The molecule has 1 aromatic rings. The van der Waals surface area contributed by atoms with Crippen LogP contribution in [0.5, 0.6) is 0 Å². The van der Waals surface area contributed by atoms with E-state index in [0.717, 1.165) is 25.7 Å². The molecule has 8 N–H and O–H groups in total. The summed E-state index contributed by atoms with van der Waals surface area (Å²) >= 11 is 0. The Morgan fingerprint density at radius 1 is 0.672 bits per heavy atom. The zero-order valence-electron chi connectivity index (χ0n) is 37.3. The molecule has 0 spiro atoms. The van der Waals surface area contributed by atoms with E-state index < -0.39 is 18.1 Å². The van der Waals surface area contributed by atoms with Gasteiger partial charge in [-0.05, 0) is 77.0 Å². The first-order valence-electron chi connectivity index (χ1n) is 24.0. The lowest BCUT2D eigenvalue weighted by Gasteiger charge is -2.27. The van der Waals surface area contributed by atoms with Crippen molar-refractivity contribution < 1.29 is 14.7 Å². The summed E-state index contributed by atoms with van der Waals surface area (Å²) in [6, 6.07) is -1.44. The monoisotopic (exact) mass is 812 g/mol. The number of carboxylic acid groups (broad SMARTS) is 1. The van der Waals surface area contributed by atoms with Crippen molar-refractivity contribution in [3.63, 3.8) is 0 Å². The molecular formula is C48H89N7O3.